The maximum Gasteiger partial charge on any atom is 0.0300 e. The van der Waals surface area contributed by atoms with Crippen molar-refractivity contribution in [3.63, 3.8) is 0 Å². The minimum atomic E-state index is 0.145. The summed E-state index contributed by atoms with van der Waals surface area (Å²) < 4.78 is 0. The summed E-state index contributed by atoms with van der Waals surface area (Å²) in [7, 11) is 0. The predicted octanol–water partition coefficient (Wildman–Crippen LogP) is 3.63. The molecule has 0 fully saturated rings. The summed E-state index contributed by atoms with van der Waals surface area (Å²) >= 11 is 0. The van der Waals surface area contributed by atoms with E-state index in [0.29, 0.717) is 0 Å². The summed E-state index contributed by atoms with van der Waals surface area (Å²) in [6, 6.07) is 0. The second kappa shape index (κ2) is 5.11. The molecule has 0 saturated carbocycles. The van der Waals surface area contributed by atoms with Crippen molar-refractivity contribution in [1.82, 2.24) is 5.32 Å². The lowest BCUT2D eigenvalue weighted by molar-refractivity contribution is 0.478. The third kappa shape index (κ3) is 6.44. The average Bonchev–Trinajstić information content (AvgIpc) is 2.00. The third-order valence-electron chi connectivity index (χ3n) is 1.79. The molecule has 13 heavy (non-hydrogen) atoms. The third-order valence-corrected chi connectivity index (χ3v) is 1.79. The van der Waals surface area contributed by atoms with Gasteiger partial charge in [0, 0.05) is 11.2 Å². The zero-order chi connectivity index (χ0) is 10.5. The van der Waals surface area contributed by atoms with E-state index < -0.39 is 0 Å². The van der Waals surface area contributed by atoms with Crippen LogP contribution in [-0.4, -0.2) is 5.54 Å². The van der Waals surface area contributed by atoms with Gasteiger partial charge >= 0.3 is 0 Å². The highest BCUT2D eigenvalue weighted by atomic mass is 15.0. The van der Waals surface area contributed by atoms with Crippen LogP contribution in [0.4, 0.5) is 0 Å². The predicted molar refractivity (Wildman–Crippen MR) is 60.7 cm³/mol. The van der Waals surface area contributed by atoms with Crippen molar-refractivity contribution in [3.8, 4) is 0 Å². The SMILES string of the molecule is C/C=C(\C=C(/C)CC)NC(C)(C)C. The molecule has 0 bridgehead atoms. The Balaban J connectivity index is 4.40. The minimum absolute atomic E-state index is 0.145. The summed E-state index contributed by atoms with van der Waals surface area (Å²) in [5.74, 6) is 0. The quantitative estimate of drug-likeness (QED) is 0.655. The Hall–Kier alpha value is -0.720. The lowest BCUT2D eigenvalue weighted by Crippen LogP contribution is -2.34. The van der Waals surface area contributed by atoms with Crippen LogP contribution in [0.15, 0.2) is 23.4 Å². The molecular formula is C12H23N. The molecule has 0 spiro atoms. The fourth-order valence-electron chi connectivity index (χ4n) is 0.992. The Kier molecular flexibility index (Phi) is 4.82. The normalized spacial score (nSPS) is 14.6. The molecule has 0 atom stereocenters. The zero-order valence-corrected chi connectivity index (χ0v) is 9.86. The van der Waals surface area contributed by atoms with Gasteiger partial charge in [0.15, 0.2) is 0 Å². The highest BCUT2D eigenvalue weighted by Gasteiger charge is 2.08. The molecule has 0 unspecified atom stereocenters. The van der Waals surface area contributed by atoms with Crippen molar-refractivity contribution < 1.29 is 0 Å². The first kappa shape index (κ1) is 12.3. The van der Waals surface area contributed by atoms with Crippen molar-refractivity contribution >= 4 is 0 Å². The highest BCUT2D eigenvalue weighted by molar-refractivity contribution is 5.21. The molecule has 76 valence electrons. The van der Waals surface area contributed by atoms with Crippen LogP contribution in [0.1, 0.15) is 48.0 Å². The lowest BCUT2D eigenvalue weighted by Gasteiger charge is -2.23. The standard InChI is InChI=1S/C12H23N/c1-7-10(3)9-11(8-2)13-12(4,5)6/h8-9,13H,7H2,1-6H3/b10-9+,11-8+. The maximum absolute atomic E-state index is 3.46. The Bertz CT molecular complexity index is 204. The Morgan fingerprint density at radius 2 is 1.85 bits per heavy atom. The molecule has 0 heterocycles. The second-order valence-electron chi connectivity index (χ2n) is 4.46. The molecule has 0 radical (unpaired) electrons. The van der Waals surface area contributed by atoms with Crippen LogP contribution in [0.3, 0.4) is 0 Å². The van der Waals surface area contributed by atoms with Crippen LogP contribution in [0.2, 0.25) is 0 Å². The van der Waals surface area contributed by atoms with Crippen LogP contribution in [0.25, 0.3) is 0 Å². The van der Waals surface area contributed by atoms with Gasteiger partial charge in [-0.25, -0.2) is 0 Å². The number of hydrogen-bond donors (Lipinski definition) is 1. The molecule has 0 aliphatic rings. The van der Waals surface area contributed by atoms with Crippen LogP contribution < -0.4 is 5.32 Å². The first-order valence-corrected chi connectivity index (χ1v) is 5.00. The van der Waals surface area contributed by atoms with E-state index in [2.05, 4.69) is 59.0 Å². The van der Waals surface area contributed by atoms with Gasteiger partial charge in [-0.15, -0.1) is 0 Å². The second-order valence-corrected chi connectivity index (χ2v) is 4.46. The van der Waals surface area contributed by atoms with Gasteiger partial charge in [0.2, 0.25) is 0 Å². The van der Waals surface area contributed by atoms with Crippen LogP contribution in [0, 0.1) is 0 Å². The molecule has 0 aromatic carbocycles. The molecule has 1 nitrogen and oxygen atoms in total. The van der Waals surface area contributed by atoms with E-state index >= 15 is 0 Å². The van der Waals surface area contributed by atoms with Gasteiger partial charge in [-0.3, -0.25) is 0 Å². The molecular weight excluding hydrogens is 158 g/mol. The van der Waals surface area contributed by atoms with Crippen LogP contribution in [-0.2, 0) is 0 Å². The molecule has 0 aliphatic carbocycles. The Morgan fingerprint density at radius 3 is 2.15 bits per heavy atom. The number of hydrogen-bond acceptors (Lipinski definition) is 1. The molecule has 0 aliphatic heterocycles. The highest BCUT2D eigenvalue weighted by Crippen LogP contribution is 2.08. The minimum Gasteiger partial charge on any atom is -0.381 e. The molecule has 0 amide bonds. The van der Waals surface area contributed by atoms with E-state index in [9.17, 15) is 0 Å². The smallest absolute Gasteiger partial charge is 0.0300 e. The zero-order valence-electron chi connectivity index (χ0n) is 9.86. The van der Waals surface area contributed by atoms with Crippen molar-refractivity contribution in [1.29, 1.82) is 0 Å². The van der Waals surface area contributed by atoms with Crippen molar-refractivity contribution in [3.05, 3.63) is 23.4 Å². The summed E-state index contributed by atoms with van der Waals surface area (Å²) in [5, 5.41) is 3.46. The fourth-order valence-corrected chi connectivity index (χ4v) is 0.992. The first-order valence-electron chi connectivity index (χ1n) is 5.00. The van der Waals surface area contributed by atoms with Crippen molar-refractivity contribution in [2.45, 2.75) is 53.5 Å². The Labute approximate surface area is 82.9 Å². The van der Waals surface area contributed by atoms with E-state index in [-0.39, 0.29) is 5.54 Å². The van der Waals surface area contributed by atoms with E-state index in [4.69, 9.17) is 0 Å². The average molecular weight is 181 g/mol. The summed E-state index contributed by atoms with van der Waals surface area (Å²) in [6.45, 7) is 12.9. The van der Waals surface area contributed by atoms with Gasteiger partial charge in [0.05, 0.1) is 0 Å². The number of nitrogens with one attached hydrogen (secondary N) is 1. The van der Waals surface area contributed by atoms with Gasteiger partial charge < -0.3 is 5.32 Å². The van der Waals surface area contributed by atoms with E-state index in [1.165, 1.54) is 11.3 Å². The summed E-state index contributed by atoms with van der Waals surface area (Å²) in [6.07, 6.45) is 5.44. The largest absolute Gasteiger partial charge is 0.381 e. The van der Waals surface area contributed by atoms with Gasteiger partial charge in [-0.05, 0) is 47.1 Å². The van der Waals surface area contributed by atoms with Gasteiger partial charge in [-0.1, -0.05) is 18.6 Å². The van der Waals surface area contributed by atoms with Crippen molar-refractivity contribution in [2.75, 3.05) is 0 Å². The van der Waals surface area contributed by atoms with Gasteiger partial charge in [0.1, 0.15) is 0 Å². The van der Waals surface area contributed by atoms with E-state index in [0.717, 1.165) is 6.42 Å². The molecule has 0 rings (SSSR count). The van der Waals surface area contributed by atoms with E-state index in [1.807, 2.05) is 0 Å². The maximum atomic E-state index is 3.46. The number of allylic oxidation sites excluding steroid dienone is 3. The van der Waals surface area contributed by atoms with Crippen molar-refractivity contribution in [2.24, 2.45) is 0 Å². The van der Waals surface area contributed by atoms with Crippen LogP contribution in [0.5, 0.6) is 0 Å². The monoisotopic (exact) mass is 181 g/mol. The molecule has 0 aromatic heterocycles. The molecule has 0 saturated heterocycles. The summed E-state index contributed by atoms with van der Waals surface area (Å²) in [5.41, 5.74) is 2.77. The Morgan fingerprint density at radius 1 is 1.31 bits per heavy atom. The molecule has 0 aromatic rings. The van der Waals surface area contributed by atoms with Gasteiger partial charge in [-0.2, -0.15) is 0 Å². The molecule has 1 heteroatoms. The lowest BCUT2D eigenvalue weighted by atomic mass is 10.1. The van der Waals surface area contributed by atoms with Crippen LogP contribution >= 0.6 is 0 Å². The molecule has 1 N–H and O–H groups in total. The van der Waals surface area contributed by atoms with E-state index in [1.54, 1.807) is 0 Å². The topological polar surface area (TPSA) is 12.0 Å². The summed E-state index contributed by atoms with van der Waals surface area (Å²) in [4.78, 5) is 0. The fraction of sp³-hybridized carbons (Fsp3) is 0.667. The van der Waals surface area contributed by atoms with Gasteiger partial charge in [0.25, 0.3) is 0 Å². The first-order chi connectivity index (χ1) is 5.89. The number of rotatable bonds is 3.